The second-order valence-corrected chi connectivity index (χ2v) is 12.3. The highest BCUT2D eigenvalue weighted by Crippen LogP contribution is 2.39. The summed E-state index contributed by atoms with van der Waals surface area (Å²) in [6, 6.07) is 8.56. The van der Waals surface area contributed by atoms with Gasteiger partial charge in [-0.3, -0.25) is 4.79 Å². The van der Waals surface area contributed by atoms with Crippen LogP contribution >= 0.6 is 11.3 Å². The van der Waals surface area contributed by atoms with Crippen LogP contribution in [0.1, 0.15) is 85.1 Å². The van der Waals surface area contributed by atoms with Gasteiger partial charge in [-0.15, -0.1) is 11.3 Å². The fourth-order valence-electron chi connectivity index (χ4n) is 4.05. The van der Waals surface area contributed by atoms with E-state index >= 15 is 0 Å². The Labute approximate surface area is 263 Å². The topological polar surface area (TPSA) is 138 Å². The third kappa shape index (κ3) is 9.83. The zero-order valence-electron chi connectivity index (χ0n) is 25.6. The smallest absolute Gasteiger partial charge is 0.408 e. The summed E-state index contributed by atoms with van der Waals surface area (Å²) in [5.41, 5.74) is 0.314. The van der Waals surface area contributed by atoms with Gasteiger partial charge in [0.2, 0.25) is 0 Å². The maximum atomic E-state index is 13.5. The van der Waals surface area contributed by atoms with Crippen molar-refractivity contribution in [1.29, 1.82) is 0 Å². The molecule has 2 amide bonds. The van der Waals surface area contributed by atoms with E-state index in [1.165, 1.54) is 12.1 Å². The molecule has 1 aromatic carbocycles. The highest BCUT2D eigenvalue weighted by molar-refractivity contribution is 7.15. The summed E-state index contributed by atoms with van der Waals surface area (Å²) in [4.78, 5) is 47.4. The number of hydrogen-bond donors (Lipinski definition) is 2. The molecule has 0 spiro atoms. The van der Waals surface area contributed by atoms with Gasteiger partial charge in [-0.2, -0.15) is 8.78 Å². The zero-order chi connectivity index (χ0) is 32.7. The number of rotatable bonds is 13. The molecule has 14 heteroatoms. The van der Waals surface area contributed by atoms with Gasteiger partial charge in [-0.1, -0.05) is 6.07 Å². The first-order valence-corrected chi connectivity index (χ1v) is 15.3. The molecule has 2 aromatic heterocycles. The Kier molecular flexibility index (Phi) is 10.9. The Bertz CT molecular complexity index is 1520. The molecule has 2 N–H and O–H groups in total. The zero-order valence-corrected chi connectivity index (χ0v) is 26.5. The Morgan fingerprint density at radius 3 is 2.51 bits per heavy atom. The lowest BCUT2D eigenvalue weighted by atomic mass is 10.2. The molecule has 11 nitrogen and oxygen atoms in total. The molecule has 3 aromatic rings. The second kappa shape index (κ2) is 14.6. The predicted molar refractivity (Wildman–Crippen MR) is 162 cm³/mol. The van der Waals surface area contributed by atoms with Gasteiger partial charge in [0.15, 0.2) is 11.5 Å². The number of halogens is 2. The number of alkyl halides is 2. The van der Waals surface area contributed by atoms with Crippen LogP contribution in [0.3, 0.4) is 0 Å². The number of carbonyl (C=O) groups excluding carboxylic acids is 3. The van der Waals surface area contributed by atoms with Crippen molar-refractivity contribution in [3.05, 3.63) is 58.4 Å². The van der Waals surface area contributed by atoms with Gasteiger partial charge in [0.05, 0.1) is 36.4 Å². The number of carbonyl (C=O) groups is 3. The molecule has 0 radical (unpaired) electrons. The number of esters is 1. The van der Waals surface area contributed by atoms with Crippen molar-refractivity contribution in [3.8, 4) is 22.1 Å². The van der Waals surface area contributed by atoms with Gasteiger partial charge < -0.3 is 29.6 Å². The van der Waals surface area contributed by atoms with Crippen LogP contribution in [0.25, 0.3) is 10.6 Å². The van der Waals surface area contributed by atoms with E-state index in [1.807, 2.05) is 0 Å². The summed E-state index contributed by atoms with van der Waals surface area (Å²) < 4.78 is 47.0. The highest BCUT2D eigenvalue weighted by Gasteiger charge is 2.27. The average Bonchev–Trinajstić information content (AvgIpc) is 3.69. The van der Waals surface area contributed by atoms with Gasteiger partial charge in [0, 0.05) is 5.56 Å². The van der Waals surface area contributed by atoms with Crippen LogP contribution in [-0.2, 0) is 16.0 Å². The van der Waals surface area contributed by atoms with Crippen LogP contribution in [0, 0.1) is 5.92 Å². The van der Waals surface area contributed by atoms with E-state index in [0.717, 1.165) is 24.2 Å². The Morgan fingerprint density at radius 2 is 1.84 bits per heavy atom. The van der Waals surface area contributed by atoms with Crippen LogP contribution in [0.4, 0.5) is 13.6 Å². The molecule has 1 unspecified atom stereocenters. The predicted octanol–water partition coefficient (Wildman–Crippen LogP) is 6.29. The standard InChI is InChI=1S/C31H36F2N4O7S/c1-6-41-28(39)21-9-7-8-20(36-21)15-34-26(38)24-25(17(2)35-30(40)44-31(3,4)5)45-27(37-24)19-12-13-22(43-29(32)33)23(14-19)42-16-18-10-11-18/h7-9,12-14,17-18,29H,6,10-11,15-16H2,1-5H3,(H,34,38)(H,35,40). The minimum atomic E-state index is -3.03. The Hall–Kier alpha value is -4.33. The number of amides is 2. The normalized spacial score (nSPS) is 13.6. The SMILES string of the molecule is CCOC(=O)c1cccc(CNC(=O)c2nc(-c3ccc(OC(F)F)c(OCC4CC4)c3)sc2C(C)NC(=O)OC(C)(C)C)n1. The van der Waals surface area contributed by atoms with Gasteiger partial charge in [-0.25, -0.2) is 19.6 Å². The molecule has 1 aliphatic rings. The average molecular weight is 647 g/mol. The lowest BCUT2D eigenvalue weighted by Gasteiger charge is -2.21. The Morgan fingerprint density at radius 1 is 1.09 bits per heavy atom. The molecule has 45 heavy (non-hydrogen) atoms. The van der Waals surface area contributed by atoms with Crippen LogP contribution in [0.15, 0.2) is 36.4 Å². The van der Waals surface area contributed by atoms with E-state index in [-0.39, 0.29) is 36.0 Å². The molecule has 0 saturated heterocycles. The quantitative estimate of drug-likeness (QED) is 0.205. The first-order chi connectivity index (χ1) is 21.3. The molecule has 1 atom stereocenters. The van der Waals surface area contributed by atoms with Gasteiger partial charge >= 0.3 is 18.7 Å². The van der Waals surface area contributed by atoms with E-state index in [0.29, 0.717) is 33.7 Å². The number of nitrogens with zero attached hydrogens (tertiary/aromatic N) is 2. The van der Waals surface area contributed by atoms with Crippen LogP contribution in [0.5, 0.6) is 11.5 Å². The first-order valence-electron chi connectivity index (χ1n) is 14.5. The number of thiazole rings is 1. The summed E-state index contributed by atoms with van der Waals surface area (Å²) in [5.74, 6) is -0.750. The highest BCUT2D eigenvalue weighted by atomic mass is 32.1. The molecule has 242 valence electrons. The summed E-state index contributed by atoms with van der Waals surface area (Å²) in [5, 5.41) is 5.89. The second-order valence-electron chi connectivity index (χ2n) is 11.3. The molecular formula is C31H36F2N4O7S. The summed E-state index contributed by atoms with van der Waals surface area (Å²) in [6.45, 7) is 6.07. The third-order valence-corrected chi connectivity index (χ3v) is 7.58. The lowest BCUT2D eigenvalue weighted by molar-refractivity contribution is -0.0515. The lowest BCUT2D eigenvalue weighted by Crippen LogP contribution is -2.34. The third-order valence-electron chi connectivity index (χ3n) is 6.29. The maximum Gasteiger partial charge on any atom is 0.408 e. The summed E-state index contributed by atoms with van der Waals surface area (Å²) in [6.07, 6.45) is 1.33. The number of benzene rings is 1. The monoisotopic (exact) mass is 646 g/mol. The number of hydrogen-bond acceptors (Lipinski definition) is 10. The number of alkyl carbamates (subject to hydrolysis) is 1. The molecule has 1 aliphatic carbocycles. The Balaban J connectivity index is 1.62. The largest absolute Gasteiger partial charge is 0.489 e. The first kappa shape index (κ1) is 33.6. The van der Waals surface area contributed by atoms with E-state index < -0.39 is 36.2 Å². The molecule has 0 bridgehead atoms. The minimum absolute atomic E-state index is 0.0227. The van der Waals surface area contributed by atoms with E-state index in [4.69, 9.17) is 14.2 Å². The van der Waals surface area contributed by atoms with Crippen molar-refractivity contribution < 1.29 is 42.1 Å². The summed E-state index contributed by atoms with van der Waals surface area (Å²) >= 11 is 1.14. The van der Waals surface area contributed by atoms with Crippen molar-refractivity contribution in [3.63, 3.8) is 0 Å². The number of aromatic nitrogens is 2. The van der Waals surface area contributed by atoms with Crippen molar-refractivity contribution in [1.82, 2.24) is 20.6 Å². The van der Waals surface area contributed by atoms with Crippen molar-refractivity contribution in [2.24, 2.45) is 5.92 Å². The minimum Gasteiger partial charge on any atom is -0.489 e. The summed E-state index contributed by atoms with van der Waals surface area (Å²) in [7, 11) is 0. The van der Waals surface area contributed by atoms with E-state index in [2.05, 4.69) is 25.3 Å². The van der Waals surface area contributed by atoms with Crippen molar-refractivity contribution >= 4 is 29.3 Å². The molecule has 2 heterocycles. The fraction of sp³-hybridized carbons (Fsp3) is 0.452. The molecule has 0 aliphatic heterocycles. The number of ether oxygens (including phenoxy) is 4. The van der Waals surface area contributed by atoms with Crippen molar-refractivity contribution in [2.45, 2.75) is 72.3 Å². The van der Waals surface area contributed by atoms with Gasteiger partial charge in [0.25, 0.3) is 5.91 Å². The van der Waals surface area contributed by atoms with Gasteiger partial charge in [-0.05, 0) is 83.7 Å². The van der Waals surface area contributed by atoms with Crippen LogP contribution in [-0.4, -0.2) is 53.4 Å². The fourth-order valence-corrected chi connectivity index (χ4v) is 5.11. The molecular weight excluding hydrogens is 610 g/mol. The molecule has 1 saturated carbocycles. The van der Waals surface area contributed by atoms with E-state index in [1.54, 1.807) is 58.9 Å². The molecule has 4 rings (SSSR count). The number of nitrogens with one attached hydrogen (secondary N) is 2. The van der Waals surface area contributed by atoms with Gasteiger partial charge in [0.1, 0.15) is 22.0 Å². The molecule has 1 fully saturated rings. The van der Waals surface area contributed by atoms with Crippen molar-refractivity contribution in [2.75, 3.05) is 13.2 Å². The maximum absolute atomic E-state index is 13.5. The van der Waals surface area contributed by atoms with Crippen LogP contribution in [0.2, 0.25) is 0 Å². The van der Waals surface area contributed by atoms with E-state index in [9.17, 15) is 23.2 Å². The van der Waals surface area contributed by atoms with Crippen LogP contribution < -0.4 is 20.1 Å². The number of pyridine rings is 1.